The highest BCUT2D eigenvalue weighted by Crippen LogP contribution is 2.50. The van der Waals surface area contributed by atoms with E-state index in [4.69, 9.17) is 0 Å². The summed E-state index contributed by atoms with van der Waals surface area (Å²) < 4.78 is 0. The molecule has 12 aromatic rings. The molecule has 0 radical (unpaired) electrons. The predicted octanol–water partition coefficient (Wildman–Crippen LogP) is 16.2. The minimum Gasteiger partial charge on any atom is -0.311 e. The monoisotopic (exact) mass is 1050 g/mol. The highest BCUT2D eigenvalue weighted by molar-refractivity contribution is 7.01. The van der Waals surface area contributed by atoms with Crippen LogP contribution in [0.15, 0.2) is 243 Å². The average molecular weight is 1050 g/mol. The van der Waals surface area contributed by atoms with Crippen molar-refractivity contribution >= 4 is 125 Å². The summed E-state index contributed by atoms with van der Waals surface area (Å²) >= 11 is 0. The molecule has 0 bridgehead atoms. The zero-order valence-electron chi connectivity index (χ0n) is 47.0. The number of fused-ring (bicyclic) bond motifs is 9. The lowest BCUT2D eigenvalue weighted by molar-refractivity contribution is 1.25. The minimum atomic E-state index is 0.0482. The molecule has 4 aliphatic heterocycles. The molecule has 388 valence electrons. The van der Waals surface area contributed by atoms with Crippen LogP contribution in [0.3, 0.4) is 0 Å². The summed E-state index contributed by atoms with van der Waals surface area (Å²) in [5, 5.41) is 2.52. The van der Waals surface area contributed by atoms with Crippen LogP contribution in [0, 0.1) is 41.5 Å². The van der Waals surface area contributed by atoms with Crippen LogP contribution < -0.4 is 52.4 Å². The van der Waals surface area contributed by atoms with Crippen LogP contribution >= 0.6 is 0 Å². The van der Waals surface area contributed by atoms with Crippen molar-refractivity contribution < 1.29 is 0 Å². The lowest BCUT2D eigenvalue weighted by Crippen LogP contribution is -2.61. The van der Waals surface area contributed by atoms with Crippen LogP contribution in [0.2, 0.25) is 0 Å². The van der Waals surface area contributed by atoms with Crippen LogP contribution in [0.4, 0.5) is 68.2 Å². The van der Waals surface area contributed by atoms with Crippen molar-refractivity contribution in [3.05, 3.63) is 276 Å². The molecule has 0 N–H and O–H groups in total. The molecule has 0 amide bonds. The van der Waals surface area contributed by atoms with Gasteiger partial charge >= 0.3 is 0 Å². The number of hydrogen-bond donors (Lipinski definition) is 0. The van der Waals surface area contributed by atoms with Crippen LogP contribution in [0.5, 0.6) is 0 Å². The Kier molecular flexibility index (Phi) is 10.8. The fourth-order valence-electron chi connectivity index (χ4n) is 14.4. The van der Waals surface area contributed by atoms with Gasteiger partial charge in [-0.05, 0) is 216 Å². The van der Waals surface area contributed by atoms with Crippen LogP contribution in [0.25, 0.3) is 33.0 Å². The van der Waals surface area contributed by atoms with Crippen molar-refractivity contribution in [1.29, 1.82) is 0 Å². The Bertz CT molecular complexity index is 4320. The molecule has 0 aliphatic carbocycles. The van der Waals surface area contributed by atoms with Crippen molar-refractivity contribution in [1.82, 2.24) is 0 Å². The summed E-state index contributed by atoms with van der Waals surface area (Å²) in [6.07, 6.45) is 0. The maximum absolute atomic E-state index is 2.53. The van der Waals surface area contributed by atoms with E-state index in [1.54, 1.807) is 0 Å². The Morgan fingerprint density at radius 1 is 0.244 bits per heavy atom. The number of aryl methyl sites for hydroxylation is 6. The summed E-state index contributed by atoms with van der Waals surface area (Å²) in [4.78, 5) is 10.1. The fraction of sp³-hybridized carbons (Fsp3) is 0.0789. The first kappa shape index (κ1) is 48.2. The van der Waals surface area contributed by atoms with E-state index in [2.05, 4.69) is 304 Å². The van der Waals surface area contributed by atoms with Gasteiger partial charge in [-0.1, -0.05) is 168 Å². The number of para-hydroxylation sites is 4. The topological polar surface area (TPSA) is 13.0 Å². The van der Waals surface area contributed by atoms with Crippen LogP contribution in [0.1, 0.15) is 33.4 Å². The van der Waals surface area contributed by atoms with Gasteiger partial charge in [0.15, 0.2) is 0 Å². The summed E-state index contributed by atoms with van der Waals surface area (Å²) in [6, 6.07) is 91.8. The summed E-state index contributed by atoms with van der Waals surface area (Å²) in [5.74, 6) is 0. The predicted molar refractivity (Wildman–Crippen MR) is 351 cm³/mol. The van der Waals surface area contributed by atoms with Gasteiger partial charge in [0.1, 0.15) is 0 Å². The molecule has 0 saturated heterocycles. The second-order valence-corrected chi connectivity index (χ2v) is 23.2. The van der Waals surface area contributed by atoms with Crippen molar-refractivity contribution in [3.63, 3.8) is 0 Å². The van der Waals surface area contributed by atoms with Gasteiger partial charge in [-0.15, -0.1) is 0 Å². The molecule has 12 aromatic carbocycles. The molecule has 82 heavy (non-hydrogen) atoms. The van der Waals surface area contributed by atoms with E-state index in [0.29, 0.717) is 0 Å². The van der Waals surface area contributed by atoms with E-state index in [1.165, 1.54) is 145 Å². The fourth-order valence-corrected chi connectivity index (χ4v) is 14.4. The summed E-state index contributed by atoms with van der Waals surface area (Å²) in [5.41, 5.74) is 34.6. The molecule has 6 heteroatoms. The summed E-state index contributed by atoms with van der Waals surface area (Å²) in [6.45, 7) is 13.6. The Morgan fingerprint density at radius 2 is 0.561 bits per heavy atom. The van der Waals surface area contributed by atoms with Gasteiger partial charge in [-0.2, -0.15) is 0 Å². The molecular weight excluding hydrogens is 990 g/mol. The van der Waals surface area contributed by atoms with Crippen molar-refractivity contribution in [2.24, 2.45) is 0 Å². The number of hydrogen-bond acceptors (Lipinski definition) is 4. The van der Waals surface area contributed by atoms with Crippen LogP contribution in [-0.4, -0.2) is 13.4 Å². The largest absolute Gasteiger partial charge is 0.311 e. The van der Waals surface area contributed by atoms with E-state index < -0.39 is 0 Å². The maximum Gasteiger partial charge on any atom is 0.252 e. The van der Waals surface area contributed by atoms with Crippen molar-refractivity contribution in [3.8, 4) is 22.3 Å². The third-order valence-corrected chi connectivity index (χ3v) is 18.2. The van der Waals surface area contributed by atoms with E-state index in [-0.39, 0.29) is 13.4 Å². The molecular formula is C76H58B2N4. The zero-order chi connectivity index (χ0) is 55.1. The van der Waals surface area contributed by atoms with E-state index in [1.807, 2.05) is 0 Å². The molecule has 4 nitrogen and oxygen atoms in total. The van der Waals surface area contributed by atoms with E-state index in [0.717, 1.165) is 22.7 Å². The summed E-state index contributed by atoms with van der Waals surface area (Å²) in [7, 11) is 0. The standard InChI is InChI=1S/C76H58B2N4/c1-47-25-31-57(32-26-47)81-69-39-29-49(3)41-65(69)77-63-21-13-15-23-67(63)79(55-17-9-7-10-18-55)71-43-53(45-73(81)75(71)77)59-35-37-62-52(6)60(36-38-61(62)51(59)5)54-44-72-76-74(46-54)82(58-33-27-48(2)28-34-58)70-40-30-50(4)42-66(70)78(76)64-22-14-16-24-68(64)80(72)56-19-11-8-12-20-56/h7-46H,1-6H3. The lowest BCUT2D eigenvalue weighted by Gasteiger charge is -2.44. The van der Waals surface area contributed by atoms with E-state index in [9.17, 15) is 0 Å². The molecule has 16 rings (SSSR count). The zero-order valence-corrected chi connectivity index (χ0v) is 47.0. The maximum atomic E-state index is 2.53. The van der Waals surface area contributed by atoms with Gasteiger partial charge in [0, 0.05) is 68.2 Å². The number of anilines is 12. The van der Waals surface area contributed by atoms with Gasteiger partial charge in [-0.3, -0.25) is 0 Å². The third kappa shape index (κ3) is 7.20. The van der Waals surface area contributed by atoms with Crippen LogP contribution in [-0.2, 0) is 0 Å². The molecule has 0 fully saturated rings. The first-order valence-electron chi connectivity index (χ1n) is 28.9. The second kappa shape index (κ2) is 18.4. The molecule has 0 spiro atoms. The highest BCUT2D eigenvalue weighted by atomic mass is 15.2. The first-order chi connectivity index (χ1) is 40.2. The van der Waals surface area contributed by atoms with Gasteiger partial charge in [0.25, 0.3) is 13.4 Å². The van der Waals surface area contributed by atoms with E-state index >= 15 is 0 Å². The smallest absolute Gasteiger partial charge is 0.252 e. The number of benzene rings is 12. The minimum absolute atomic E-state index is 0.0482. The Morgan fingerprint density at radius 3 is 0.939 bits per heavy atom. The lowest BCUT2D eigenvalue weighted by atomic mass is 9.33. The van der Waals surface area contributed by atoms with Gasteiger partial charge in [-0.25, -0.2) is 0 Å². The number of rotatable bonds is 6. The molecule has 0 aromatic heterocycles. The SMILES string of the molecule is Cc1ccc(N2c3ccc(C)cc3B3c4ccccc4N(c4ccccc4)c4cc(-c5ccc6c(C)c(-c7cc8c9c(c7)N(c7ccc(C)cc7)c7ccc(C)cc7B9c7ccccc7N8c7ccccc7)ccc6c5C)cc2c43)cc1. The Hall–Kier alpha value is -9.77. The van der Waals surface area contributed by atoms with Gasteiger partial charge in [0.05, 0.1) is 0 Å². The number of nitrogens with zero attached hydrogens (tertiary/aromatic N) is 4. The molecule has 0 saturated carbocycles. The van der Waals surface area contributed by atoms with Gasteiger partial charge < -0.3 is 19.6 Å². The van der Waals surface area contributed by atoms with Gasteiger partial charge in [0.2, 0.25) is 0 Å². The quantitative estimate of drug-likeness (QED) is 0.154. The van der Waals surface area contributed by atoms with Crippen molar-refractivity contribution in [2.45, 2.75) is 41.5 Å². The Labute approximate surface area is 482 Å². The molecule has 4 aliphatic rings. The molecule has 0 unspecified atom stereocenters. The normalized spacial score (nSPS) is 13.3. The highest BCUT2D eigenvalue weighted by Gasteiger charge is 2.45. The van der Waals surface area contributed by atoms with Crippen molar-refractivity contribution in [2.75, 3.05) is 19.6 Å². The first-order valence-corrected chi connectivity index (χ1v) is 28.9. The molecule has 0 atom stereocenters. The third-order valence-electron chi connectivity index (χ3n) is 18.2. The average Bonchev–Trinajstić information content (AvgIpc) is 1.36. The second-order valence-electron chi connectivity index (χ2n) is 23.2. The molecule has 4 heterocycles. The Balaban J connectivity index is 0.908.